The topological polar surface area (TPSA) is 86.5 Å². The van der Waals surface area contributed by atoms with Crippen LogP contribution in [0.1, 0.15) is 60.8 Å². The lowest BCUT2D eigenvalue weighted by Crippen LogP contribution is -2.48. The van der Waals surface area contributed by atoms with E-state index in [0.29, 0.717) is 43.5 Å². The Bertz CT molecular complexity index is 1050. The Labute approximate surface area is 185 Å². The van der Waals surface area contributed by atoms with Crippen molar-refractivity contribution in [2.75, 3.05) is 13.2 Å². The largest absolute Gasteiger partial charge is 0.472 e. The lowest BCUT2D eigenvalue weighted by molar-refractivity contribution is -0.136. The third-order valence-corrected chi connectivity index (χ3v) is 6.75. The summed E-state index contributed by atoms with van der Waals surface area (Å²) in [4.78, 5) is 31.3. The summed E-state index contributed by atoms with van der Waals surface area (Å²) in [5.41, 5.74) is 2.36. The summed E-state index contributed by atoms with van der Waals surface area (Å²) in [5, 5.41) is 4.49. The standard InChI is InChI=1S/C23H27FN4O4/c1-3-31-23(30)21-20-16-10-14(16)11-18(20)28(26-21)12-19(29)27-8-6-15(9-13(27)2)32-22-17(24)5-4-7-25-22/h4-5,7,13-16H,3,6,8-12H2,1-2H3/t13-,14-,15-,16-/m1/s1. The number of esters is 1. The molecule has 3 aliphatic rings. The van der Waals surface area contributed by atoms with E-state index in [9.17, 15) is 14.0 Å². The summed E-state index contributed by atoms with van der Waals surface area (Å²) in [6.45, 7) is 4.65. The maximum absolute atomic E-state index is 13.8. The van der Waals surface area contributed by atoms with Crippen molar-refractivity contribution < 1.29 is 23.5 Å². The van der Waals surface area contributed by atoms with Gasteiger partial charge in [-0.2, -0.15) is 5.10 Å². The van der Waals surface area contributed by atoms with Crippen LogP contribution in [0.5, 0.6) is 5.88 Å². The zero-order chi connectivity index (χ0) is 22.4. The molecule has 2 fully saturated rings. The molecular weight excluding hydrogens is 415 g/mol. The number of aromatic nitrogens is 3. The molecule has 1 saturated heterocycles. The van der Waals surface area contributed by atoms with Gasteiger partial charge in [0.25, 0.3) is 5.88 Å². The second-order valence-corrected chi connectivity index (χ2v) is 8.88. The summed E-state index contributed by atoms with van der Waals surface area (Å²) < 4.78 is 26.5. The summed E-state index contributed by atoms with van der Waals surface area (Å²) in [6.07, 6.45) is 4.44. The Morgan fingerprint density at radius 1 is 1.31 bits per heavy atom. The molecule has 9 heteroatoms. The number of ether oxygens (including phenoxy) is 2. The number of fused-ring (bicyclic) bond motifs is 3. The molecule has 3 heterocycles. The summed E-state index contributed by atoms with van der Waals surface area (Å²) in [5.74, 6) is 0.0172. The number of rotatable bonds is 6. The Morgan fingerprint density at radius 3 is 2.91 bits per heavy atom. The van der Waals surface area contributed by atoms with E-state index in [-0.39, 0.29) is 30.5 Å². The van der Waals surface area contributed by atoms with Gasteiger partial charge < -0.3 is 14.4 Å². The smallest absolute Gasteiger partial charge is 0.359 e. The highest BCUT2D eigenvalue weighted by Crippen LogP contribution is 2.57. The van der Waals surface area contributed by atoms with Gasteiger partial charge in [-0.1, -0.05) is 0 Å². The van der Waals surface area contributed by atoms with E-state index < -0.39 is 11.8 Å². The fourth-order valence-electron chi connectivity index (χ4n) is 5.11. The average molecular weight is 442 g/mol. The number of hydrogen-bond acceptors (Lipinski definition) is 6. The lowest BCUT2D eigenvalue weighted by Gasteiger charge is -2.37. The monoisotopic (exact) mass is 442 g/mol. The minimum atomic E-state index is -0.485. The molecule has 0 unspecified atom stereocenters. The average Bonchev–Trinajstić information content (AvgIpc) is 3.29. The number of nitrogens with zero attached hydrogens (tertiary/aromatic N) is 4. The molecule has 1 saturated carbocycles. The molecule has 170 valence electrons. The van der Waals surface area contributed by atoms with Crippen LogP contribution >= 0.6 is 0 Å². The fourth-order valence-corrected chi connectivity index (χ4v) is 5.11. The first-order chi connectivity index (χ1) is 15.5. The predicted octanol–water partition coefficient (Wildman–Crippen LogP) is 2.71. The van der Waals surface area contributed by atoms with E-state index in [1.807, 2.05) is 11.8 Å². The number of likely N-dealkylation sites (tertiary alicyclic amines) is 1. The quantitative estimate of drug-likeness (QED) is 0.640. The summed E-state index contributed by atoms with van der Waals surface area (Å²) in [7, 11) is 0. The summed E-state index contributed by atoms with van der Waals surface area (Å²) in [6, 6.07) is 2.78. The van der Waals surface area contributed by atoms with Gasteiger partial charge in [-0.3, -0.25) is 9.48 Å². The summed E-state index contributed by atoms with van der Waals surface area (Å²) >= 11 is 0. The molecule has 1 amide bonds. The minimum Gasteiger partial charge on any atom is -0.472 e. The lowest BCUT2D eigenvalue weighted by atomic mass is 10.0. The first-order valence-electron chi connectivity index (χ1n) is 11.3. The first-order valence-corrected chi connectivity index (χ1v) is 11.3. The van der Waals surface area contributed by atoms with Crippen LogP contribution < -0.4 is 4.74 Å². The van der Waals surface area contributed by atoms with Crippen LogP contribution in [-0.4, -0.2) is 56.8 Å². The van der Waals surface area contributed by atoms with Gasteiger partial charge in [0.1, 0.15) is 12.6 Å². The highest BCUT2D eigenvalue weighted by atomic mass is 19.1. The fraction of sp³-hybridized carbons (Fsp3) is 0.565. The van der Waals surface area contributed by atoms with Crippen molar-refractivity contribution in [3.05, 3.63) is 41.1 Å². The third kappa shape index (κ3) is 3.73. The van der Waals surface area contributed by atoms with Crippen molar-refractivity contribution in [3.8, 4) is 5.88 Å². The van der Waals surface area contributed by atoms with E-state index >= 15 is 0 Å². The van der Waals surface area contributed by atoms with E-state index in [1.165, 1.54) is 18.3 Å². The van der Waals surface area contributed by atoms with Crippen LogP contribution in [0.2, 0.25) is 0 Å². The van der Waals surface area contributed by atoms with Crippen molar-refractivity contribution in [1.82, 2.24) is 19.7 Å². The molecule has 2 aromatic rings. The van der Waals surface area contributed by atoms with Crippen LogP contribution in [0.3, 0.4) is 0 Å². The van der Waals surface area contributed by atoms with Crippen molar-refractivity contribution in [2.45, 2.75) is 64.1 Å². The molecule has 0 radical (unpaired) electrons. The molecule has 2 aromatic heterocycles. The maximum Gasteiger partial charge on any atom is 0.359 e. The van der Waals surface area contributed by atoms with Crippen molar-refractivity contribution in [2.24, 2.45) is 5.92 Å². The molecule has 4 atom stereocenters. The van der Waals surface area contributed by atoms with Crippen LogP contribution in [0, 0.1) is 11.7 Å². The number of amides is 1. The molecule has 0 spiro atoms. The second-order valence-electron chi connectivity index (χ2n) is 8.88. The molecule has 32 heavy (non-hydrogen) atoms. The van der Waals surface area contributed by atoms with Crippen molar-refractivity contribution in [1.29, 1.82) is 0 Å². The van der Waals surface area contributed by atoms with Crippen molar-refractivity contribution >= 4 is 11.9 Å². The number of halogens is 1. The zero-order valence-corrected chi connectivity index (χ0v) is 18.3. The number of hydrogen-bond donors (Lipinski definition) is 0. The minimum absolute atomic E-state index is 0.00152. The predicted molar refractivity (Wildman–Crippen MR) is 112 cm³/mol. The Hall–Kier alpha value is -2.97. The van der Waals surface area contributed by atoms with E-state index in [4.69, 9.17) is 9.47 Å². The van der Waals surface area contributed by atoms with E-state index in [1.54, 1.807) is 11.6 Å². The molecule has 0 bridgehead atoms. The van der Waals surface area contributed by atoms with E-state index in [2.05, 4.69) is 10.1 Å². The second kappa shape index (κ2) is 8.18. The van der Waals surface area contributed by atoms with Gasteiger partial charge in [-0.25, -0.2) is 14.2 Å². The van der Waals surface area contributed by atoms with Gasteiger partial charge in [0.2, 0.25) is 5.91 Å². The molecular formula is C23H27FN4O4. The number of carbonyl (C=O) groups excluding carboxylic acids is 2. The Balaban J connectivity index is 1.25. The van der Waals surface area contributed by atoms with Crippen LogP contribution in [-0.2, 0) is 22.5 Å². The first kappa shape index (κ1) is 20.9. The molecule has 0 aromatic carbocycles. The van der Waals surface area contributed by atoms with Gasteiger partial charge in [-0.05, 0) is 50.7 Å². The third-order valence-electron chi connectivity index (χ3n) is 6.75. The van der Waals surface area contributed by atoms with Crippen molar-refractivity contribution in [3.63, 3.8) is 0 Å². The molecule has 0 N–H and O–H groups in total. The van der Waals surface area contributed by atoms with Crippen LogP contribution in [0.15, 0.2) is 18.3 Å². The van der Waals surface area contributed by atoms with Gasteiger partial charge in [0.15, 0.2) is 11.5 Å². The van der Waals surface area contributed by atoms with E-state index in [0.717, 1.165) is 24.1 Å². The SMILES string of the molecule is CCOC(=O)c1nn(CC(=O)N2CC[C@@H](Oc3ncccc3F)C[C@H]2C)c2c1[C@@H]1C[C@@H]1C2. The molecule has 8 nitrogen and oxygen atoms in total. The maximum atomic E-state index is 13.8. The normalized spacial score (nSPS) is 25.8. The van der Waals surface area contributed by atoms with Crippen LogP contribution in [0.25, 0.3) is 0 Å². The molecule has 2 aliphatic carbocycles. The van der Waals surface area contributed by atoms with Crippen LogP contribution in [0.4, 0.5) is 4.39 Å². The van der Waals surface area contributed by atoms with Gasteiger partial charge >= 0.3 is 5.97 Å². The van der Waals surface area contributed by atoms with Gasteiger partial charge in [0.05, 0.1) is 6.61 Å². The highest BCUT2D eigenvalue weighted by molar-refractivity contribution is 5.90. The molecule has 1 aliphatic heterocycles. The number of pyridine rings is 1. The number of piperidine rings is 1. The van der Waals surface area contributed by atoms with Gasteiger partial charge in [-0.15, -0.1) is 0 Å². The Morgan fingerprint density at radius 2 is 2.16 bits per heavy atom. The zero-order valence-electron chi connectivity index (χ0n) is 18.3. The highest BCUT2D eigenvalue weighted by Gasteiger charge is 2.50. The Kier molecular flexibility index (Phi) is 5.35. The van der Waals surface area contributed by atoms with Gasteiger partial charge in [0, 0.05) is 42.9 Å². The molecule has 5 rings (SSSR count). The number of carbonyl (C=O) groups is 2.